The van der Waals surface area contributed by atoms with E-state index in [0.717, 1.165) is 5.01 Å². The molecule has 1 N–H and O–H groups in total. The number of rotatable bonds is 2. The number of carbonyl (C=O) groups is 1. The Morgan fingerprint density at radius 2 is 2.27 bits per heavy atom. The molecule has 11 heavy (non-hydrogen) atoms. The summed E-state index contributed by atoms with van der Waals surface area (Å²) in [6.45, 7) is 3.89. The highest BCUT2D eigenvalue weighted by atomic mass is 16.5. The molecule has 0 aliphatic rings. The number of ether oxygens (including phenoxy) is 1. The van der Waals surface area contributed by atoms with E-state index < -0.39 is 6.09 Å². The van der Waals surface area contributed by atoms with Crippen LogP contribution in [0.1, 0.15) is 13.8 Å². The van der Waals surface area contributed by atoms with Crippen molar-refractivity contribution in [2.45, 2.75) is 13.8 Å². The van der Waals surface area contributed by atoms with E-state index >= 15 is 0 Å². The quantitative estimate of drug-likeness (QED) is 0.372. The van der Waals surface area contributed by atoms with Crippen molar-refractivity contribution in [3.63, 3.8) is 0 Å². The second-order valence-electron chi connectivity index (χ2n) is 1.86. The van der Waals surface area contributed by atoms with Gasteiger partial charge in [0.05, 0.1) is 6.61 Å². The van der Waals surface area contributed by atoms with Crippen molar-refractivity contribution in [3.8, 4) is 0 Å². The molecule has 1 amide bonds. The summed E-state index contributed by atoms with van der Waals surface area (Å²) in [4.78, 5) is 10.2. The van der Waals surface area contributed by atoms with Crippen LogP contribution in [0.5, 0.6) is 0 Å². The van der Waals surface area contributed by atoms with Crippen LogP contribution in [0.3, 0.4) is 0 Å². The van der Waals surface area contributed by atoms with Gasteiger partial charge >= 0.3 is 6.09 Å². The Hall–Kier alpha value is -1.26. The molecule has 0 bridgehead atoms. The van der Waals surface area contributed by atoms with E-state index in [1.807, 2.05) is 0 Å². The topological polar surface area (TPSA) is 62.1 Å². The molecule has 0 aromatic carbocycles. The van der Waals surface area contributed by atoms with Gasteiger partial charge in [0.2, 0.25) is 5.90 Å². The molecule has 0 aliphatic heterocycles. The van der Waals surface area contributed by atoms with Gasteiger partial charge in [-0.25, -0.2) is 4.79 Å². The van der Waals surface area contributed by atoms with Crippen LogP contribution in [-0.4, -0.2) is 35.8 Å². The van der Waals surface area contributed by atoms with Gasteiger partial charge in [-0.15, -0.1) is 5.10 Å². The Bertz CT molecular complexity index is 167. The van der Waals surface area contributed by atoms with Gasteiger partial charge in [-0.2, -0.15) is 5.01 Å². The SMILES string of the molecule is CCOC(C)=NN(C)C(=O)O. The maximum absolute atomic E-state index is 10.2. The summed E-state index contributed by atoms with van der Waals surface area (Å²) in [5.41, 5.74) is 0. The second-order valence-corrected chi connectivity index (χ2v) is 1.86. The normalized spacial score (nSPS) is 11.0. The fraction of sp³-hybridized carbons (Fsp3) is 0.667. The highest BCUT2D eigenvalue weighted by Crippen LogP contribution is 1.88. The van der Waals surface area contributed by atoms with Crippen LogP contribution in [-0.2, 0) is 4.74 Å². The molecule has 0 rings (SSSR count). The average Bonchev–Trinajstić information content (AvgIpc) is 1.87. The van der Waals surface area contributed by atoms with Crippen LogP contribution in [0.15, 0.2) is 5.10 Å². The number of hydrogen-bond donors (Lipinski definition) is 1. The zero-order valence-electron chi connectivity index (χ0n) is 6.87. The second kappa shape index (κ2) is 4.54. The molecular formula is C6H12N2O3. The zero-order valence-corrected chi connectivity index (χ0v) is 6.87. The van der Waals surface area contributed by atoms with E-state index in [1.165, 1.54) is 7.05 Å². The maximum Gasteiger partial charge on any atom is 0.427 e. The first-order valence-corrected chi connectivity index (χ1v) is 3.22. The first kappa shape index (κ1) is 9.74. The summed E-state index contributed by atoms with van der Waals surface area (Å²) in [7, 11) is 1.34. The standard InChI is InChI=1S/C6H12N2O3/c1-4-11-5(2)7-8(3)6(9)10/h4H2,1-3H3,(H,9,10). The first-order chi connectivity index (χ1) is 5.07. The Morgan fingerprint density at radius 1 is 1.73 bits per heavy atom. The molecule has 0 saturated carbocycles. The number of nitrogens with zero attached hydrogens (tertiary/aromatic N) is 2. The number of carboxylic acid groups (broad SMARTS) is 1. The van der Waals surface area contributed by atoms with E-state index in [0.29, 0.717) is 12.5 Å². The minimum absolute atomic E-state index is 0.345. The number of hydrazone groups is 1. The van der Waals surface area contributed by atoms with Crippen LogP contribution in [0.25, 0.3) is 0 Å². The smallest absolute Gasteiger partial charge is 0.427 e. The van der Waals surface area contributed by atoms with Crippen molar-refractivity contribution in [2.75, 3.05) is 13.7 Å². The Balaban J connectivity index is 3.96. The lowest BCUT2D eigenvalue weighted by molar-refractivity contribution is 0.155. The lowest BCUT2D eigenvalue weighted by atomic mass is 10.7. The van der Waals surface area contributed by atoms with E-state index in [1.54, 1.807) is 13.8 Å². The van der Waals surface area contributed by atoms with E-state index in [9.17, 15) is 4.79 Å². The van der Waals surface area contributed by atoms with E-state index in [-0.39, 0.29) is 0 Å². The fourth-order valence-corrected chi connectivity index (χ4v) is 0.492. The maximum atomic E-state index is 10.2. The van der Waals surface area contributed by atoms with Crippen LogP contribution < -0.4 is 0 Å². The highest BCUT2D eigenvalue weighted by Gasteiger charge is 2.02. The third-order valence-electron chi connectivity index (χ3n) is 0.921. The van der Waals surface area contributed by atoms with Crippen molar-refractivity contribution in [3.05, 3.63) is 0 Å². The van der Waals surface area contributed by atoms with Crippen LogP contribution >= 0.6 is 0 Å². The summed E-state index contributed by atoms with van der Waals surface area (Å²) in [5, 5.41) is 12.8. The Labute approximate surface area is 65.3 Å². The summed E-state index contributed by atoms with van der Waals surface area (Å²) in [6, 6.07) is 0. The van der Waals surface area contributed by atoms with Crippen molar-refractivity contribution in [1.29, 1.82) is 0 Å². The molecule has 0 spiro atoms. The summed E-state index contributed by atoms with van der Waals surface area (Å²) < 4.78 is 4.91. The van der Waals surface area contributed by atoms with E-state index in [4.69, 9.17) is 9.84 Å². The van der Waals surface area contributed by atoms with Crippen molar-refractivity contribution in [2.24, 2.45) is 5.10 Å². The molecule has 64 valence electrons. The molecule has 5 nitrogen and oxygen atoms in total. The minimum Gasteiger partial charge on any atom is -0.480 e. The first-order valence-electron chi connectivity index (χ1n) is 3.22. The van der Waals surface area contributed by atoms with Crippen LogP contribution in [0.4, 0.5) is 4.79 Å². The molecule has 0 atom stereocenters. The lowest BCUT2D eigenvalue weighted by Gasteiger charge is -2.07. The molecular weight excluding hydrogens is 148 g/mol. The van der Waals surface area contributed by atoms with Gasteiger partial charge in [-0.05, 0) is 6.92 Å². The Morgan fingerprint density at radius 3 is 2.64 bits per heavy atom. The molecule has 0 heterocycles. The van der Waals surface area contributed by atoms with Crippen molar-refractivity contribution in [1.82, 2.24) is 5.01 Å². The third kappa shape index (κ3) is 4.19. The van der Waals surface area contributed by atoms with Crippen molar-refractivity contribution >= 4 is 12.0 Å². The largest absolute Gasteiger partial charge is 0.480 e. The fourth-order valence-electron chi connectivity index (χ4n) is 0.492. The molecule has 0 unspecified atom stereocenters. The Kier molecular flexibility index (Phi) is 4.02. The number of hydrogen-bond acceptors (Lipinski definition) is 3. The monoisotopic (exact) mass is 160 g/mol. The van der Waals surface area contributed by atoms with Gasteiger partial charge in [0.25, 0.3) is 0 Å². The predicted octanol–water partition coefficient (Wildman–Crippen LogP) is 0.966. The highest BCUT2D eigenvalue weighted by molar-refractivity contribution is 5.75. The summed E-state index contributed by atoms with van der Waals surface area (Å²) >= 11 is 0. The van der Waals surface area contributed by atoms with Gasteiger partial charge in [-0.1, -0.05) is 0 Å². The molecule has 0 fully saturated rings. The van der Waals surface area contributed by atoms with Crippen LogP contribution in [0, 0.1) is 0 Å². The predicted molar refractivity (Wildman–Crippen MR) is 40.5 cm³/mol. The third-order valence-corrected chi connectivity index (χ3v) is 0.921. The summed E-state index contributed by atoms with van der Waals surface area (Å²) in [6.07, 6.45) is -1.11. The minimum atomic E-state index is -1.11. The molecule has 0 saturated heterocycles. The molecule has 0 radical (unpaired) electrons. The average molecular weight is 160 g/mol. The summed E-state index contributed by atoms with van der Waals surface area (Å²) in [5.74, 6) is 0.345. The van der Waals surface area contributed by atoms with Crippen molar-refractivity contribution < 1.29 is 14.6 Å². The van der Waals surface area contributed by atoms with Gasteiger partial charge < -0.3 is 9.84 Å². The number of amides is 1. The van der Waals surface area contributed by atoms with E-state index in [2.05, 4.69) is 5.10 Å². The van der Waals surface area contributed by atoms with Gasteiger partial charge in [0.1, 0.15) is 0 Å². The lowest BCUT2D eigenvalue weighted by Crippen LogP contribution is -2.20. The molecule has 5 heteroatoms. The van der Waals surface area contributed by atoms with Gasteiger partial charge in [0, 0.05) is 14.0 Å². The molecule has 0 aromatic rings. The van der Waals surface area contributed by atoms with Gasteiger partial charge in [0.15, 0.2) is 0 Å². The van der Waals surface area contributed by atoms with Gasteiger partial charge in [-0.3, -0.25) is 0 Å². The molecule has 0 aromatic heterocycles. The van der Waals surface area contributed by atoms with Crippen LogP contribution in [0.2, 0.25) is 0 Å². The molecule has 0 aliphatic carbocycles. The zero-order chi connectivity index (χ0) is 8.85.